The number of amides is 1. The molecule has 0 bridgehead atoms. The molecule has 20 heavy (non-hydrogen) atoms. The van der Waals surface area contributed by atoms with E-state index in [1.54, 1.807) is 0 Å². The van der Waals surface area contributed by atoms with Crippen molar-refractivity contribution in [3.8, 4) is 0 Å². The number of rotatable bonds is 4. The van der Waals surface area contributed by atoms with Crippen LogP contribution >= 0.6 is 0 Å². The van der Waals surface area contributed by atoms with Crippen molar-refractivity contribution in [2.24, 2.45) is 0 Å². The van der Waals surface area contributed by atoms with Crippen LogP contribution < -0.4 is 5.32 Å². The molecule has 1 fully saturated rings. The molecule has 1 aromatic rings. The third-order valence-electron chi connectivity index (χ3n) is 3.91. The van der Waals surface area contributed by atoms with Crippen LogP contribution in [-0.2, 0) is 11.3 Å². The zero-order valence-corrected chi connectivity index (χ0v) is 12.3. The first-order chi connectivity index (χ1) is 9.66. The van der Waals surface area contributed by atoms with Crippen LogP contribution in [0, 0.1) is 0 Å². The van der Waals surface area contributed by atoms with E-state index in [2.05, 4.69) is 24.3 Å². The minimum absolute atomic E-state index is 0.196. The number of benzene rings is 1. The van der Waals surface area contributed by atoms with Gasteiger partial charge in [-0.3, -0.25) is 0 Å². The van der Waals surface area contributed by atoms with E-state index in [1.807, 2.05) is 30.3 Å². The van der Waals surface area contributed by atoms with Gasteiger partial charge < -0.3 is 15.0 Å². The minimum atomic E-state index is -0.312. The normalized spacial score (nSPS) is 22.6. The van der Waals surface area contributed by atoms with Gasteiger partial charge in [0.15, 0.2) is 0 Å². The Morgan fingerprint density at radius 2 is 1.95 bits per heavy atom. The Morgan fingerprint density at radius 1 is 1.25 bits per heavy atom. The zero-order chi connectivity index (χ0) is 14.4. The number of carbonyl (C=O) groups is 1. The lowest BCUT2D eigenvalue weighted by Gasteiger charge is -2.36. The van der Waals surface area contributed by atoms with Crippen molar-refractivity contribution in [3.63, 3.8) is 0 Å². The van der Waals surface area contributed by atoms with E-state index in [1.165, 1.54) is 12.8 Å². The molecule has 0 aromatic heterocycles. The number of nitrogens with one attached hydrogen (secondary N) is 1. The van der Waals surface area contributed by atoms with Gasteiger partial charge in [-0.25, -0.2) is 4.79 Å². The average molecular weight is 276 g/mol. The molecule has 0 radical (unpaired) electrons. The summed E-state index contributed by atoms with van der Waals surface area (Å²) < 4.78 is 5.29. The molecule has 1 aromatic carbocycles. The summed E-state index contributed by atoms with van der Waals surface area (Å²) >= 11 is 0. The Hall–Kier alpha value is -1.55. The quantitative estimate of drug-likeness (QED) is 0.919. The third kappa shape index (κ3) is 4.23. The summed E-state index contributed by atoms with van der Waals surface area (Å²) in [5, 5.41) is 3.02. The van der Waals surface area contributed by atoms with Crippen LogP contribution in [0.1, 0.15) is 31.2 Å². The molecule has 0 saturated heterocycles. The second kappa shape index (κ2) is 7.29. The van der Waals surface area contributed by atoms with Gasteiger partial charge in [-0.15, -0.1) is 0 Å². The number of nitrogens with zero attached hydrogens (tertiary/aromatic N) is 1. The highest BCUT2D eigenvalue weighted by atomic mass is 16.5. The fourth-order valence-corrected chi connectivity index (χ4v) is 2.81. The van der Waals surface area contributed by atoms with Gasteiger partial charge in [0.05, 0.1) is 0 Å². The van der Waals surface area contributed by atoms with E-state index in [9.17, 15) is 4.79 Å². The molecule has 0 unspecified atom stereocenters. The van der Waals surface area contributed by atoms with Crippen molar-refractivity contribution < 1.29 is 9.53 Å². The highest BCUT2D eigenvalue weighted by Crippen LogP contribution is 2.21. The average Bonchev–Trinajstić information content (AvgIpc) is 2.46. The van der Waals surface area contributed by atoms with Crippen molar-refractivity contribution in [3.05, 3.63) is 35.9 Å². The molecule has 1 N–H and O–H groups in total. The van der Waals surface area contributed by atoms with Crippen LogP contribution in [0.5, 0.6) is 0 Å². The van der Waals surface area contributed by atoms with Crippen molar-refractivity contribution in [1.29, 1.82) is 0 Å². The van der Waals surface area contributed by atoms with Gasteiger partial charge in [0.25, 0.3) is 0 Å². The molecule has 0 spiro atoms. The first kappa shape index (κ1) is 14.9. The van der Waals surface area contributed by atoms with E-state index in [4.69, 9.17) is 4.74 Å². The summed E-state index contributed by atoms with van der Waals surface area (Å²) in [5.41, 5.74) is 1.01. The molecule has 1 saturated carbocycles. The topological polar surface area (TPSA) is 41.6 Å². The number of hydrogen-bond acceptors (Lipinski definition) is 3. The molecule has 1 aliphatic carbocycles. The summed E-state index contributed by atoms with van der Waals surface area (Å²) in [6, 6.07) is 10.4. The predicted octanol–water partition coefficient (Wildman–Crippen LogP) is 2.79. The molecule has 2 atom stereocenters. The first-order valence-corrected chi connectivity index (χ1v) is 7.30. The monoisotopic (exact) mass is 276 g/mol. The maximum atomic E-state index is 11.9. The van der Waals surface area contributed by atoms with E-state index in [0.29, 0.717) is 12.6 Å². The number of carbonyl (C=O) groups excluding carboxylic acids is 1. The Bertz CT molecular complexity index is 420. The minimum Gasteiger partial charge on any atom is -0.445 e. The molecule has 1 aliphatic rings. The van der Waals surface area contributed by atoms with Crippen molar-refractivity contribution in [1.82, 2.24) is 10.2 Å². The first-order valence-electron chi connectivity index (χ1n) is 7.30. The standard InChI is InChI=1S/C16H24N2O2/c1-18(2)15-11-7-6-10-14(15)17-16(19)20-12-13-8-4-3-5-9-13/h3-5,8-9,14-15H,6-7,10-12H2,1-2H3,(H,17,19)/t14-,15+/m1/s1. The van der Waals surface area contributed by atoms with E-state index < -0.39 is 0 Å². The lowest BCUT2D eigenvalue weighted by molar-refractivity contribution is 0.118. The van der Waals surface area contributed by atoms with Gasteiger partial charge in [-0.1, -0.05) is 43.2 Å². The lowest BCUT2D eigenvalue weighted by Crippen LogP contribution is -2.51. The lowest BCUT2D eigenvalue weighted by atomic mass is 9.90. The number of alkyl carbamates (subject to hydrolysis) is 1. The Labute approximate surface area is 121 Å². The number of likely N-dealkylation sites (N-methyl/N-ethyl adjacent to an activating group) is 1. The number of ether oxygens (including phenoxy) is 1. The van der Waals surface area contributed by atoms with Gasteiger partial charge in [0, 0.05) is 12.1 Å². The van der Waals surface area contributed by atoms with Crippen LogP contribution in [0.15, 0.2) is 30.3 Å². The fourth-order valence-electron chi connectivity index (χ4n) is 2.81. The van der Waals surface area contributed by atoms with Gasteiger partial charge in [-0.2, -0.15) is 0 Å². The Kier molecular flexibility index (Phi) is 5.41. The molecular weight excluding hydrogens is 252 g/mol. The summed E-state index contributed by atoms with van der Waals surface area (Å²) in [6.07, 6.45) is 4.26. The SMILES string of the molecule is CN(C)[C@H]1CCCC[C@H]1NC(=O)OCc1ccccc1. The van der Waals surface area contributed by atoms with Gasteiger partial charge in [-0.05, 0) is 32.5 Å². The molecule has 4 nitrogen and oxygen atoms in total. The molecule has 2 rings (SSSR count). The molecule has 0 heterocycles. The smallest absolute Gasteiger partial charge is 0.407 e. The Morgan fingerprint density at radius 3 is 2.65 bits per heavy atom. The van der Waals surface area contributed by atoms with Crippen LogP contribution in [0.25, 0.3) is 0 Å². The van der Waals surface area contributed by atoms with Crippen LogP contribution in [0.3, 0.4) is 0 Å². The molecule has 0 aliphatic heterocycles. The summed E-state index contributed by atoms with van der Waals surface area (Å²) in [6.45, 7) is 0.325. The largest absolute Gasteiger partial charge is 0.445 e. The summed E-state index contributed by atoms with van der Waals surface area (Å²) in [7, 11) is 4.14. The van der Waals surface area contributed by atoms with Crippen LogP contribution in [-0.4, -0.2) is 37.2 Å². The van der Waals surface area contributed by atoms with Gasteiger partial charge in [0.1, 0.15) is 6.61 Å². The third-order valence-corrected chi connectivity index (χ3v) is 3.91. The van der Waals surface area contributed by atoms with Crippen molar-refractivity contribution in [2.45, 2.75) is 44.4 Å². The Balaban J connectivity index is 1.81. The summed E-state index contributed by atoms with van der Waals surface area (Å²) in [5.74, 6) is 0. The van der Waals surface area contributed by atoms with Gasteiger partial charge in [0.2, 0.25) is 0 Å². The van der Waals surface area contributed by atoms with Gasteiger partial charge >= 0.3 is 6.09 Å². The second-order valence-electron chi connectivity index (χ2n) is 5.63. The van der Waals surface area contributed by atoms with Crippen molar-refractivity contribution >= 4 is 6.09 Å². The van der Waals surface area contributed by atoms with Crippen LogP contribution in [0.2, 0.25) is 0 Å². The fraction of sp³-hybridized carbons (Fsp3) is 0.562. The molecule has 110 valence electrons. The highest BCUT2D eigenvalue weighted by Gasteiger charge is 2.28. The number of hydrogen-bond donors (Lipinski definition) is 1. The van der Waals surface area contributed by atoms with E-state index in [0.717, 1.165) is 18.4 Å². The highest BCUT2D eigenvalue weighted by molar-refractivity contribution is 5.67. The molecular formula is C16H24N2O2. The predicted molar refractivity (Wildman–Crippen MR) is 79.5 cm³/mol. The maximum Gasteiger partial charge on any atom is 0.407 e. The summed E-state index contributed by atoms with van der Waals surface area (Å²) in [4.78, 5) is 14.1. The molecule has 4 heteroatoms. The van der Waals surface area contributed by atoms with E-state index in [-0.39, 0.29) is 12.1 Å². The maximum absolute atomic E-state index is 11.9. The van der Waals surface area contributed by atoms with E-state index >= 15 is 0 Å². The van der Waals surface area contributed by atoms with Crippen molar-refractivity contribution in [2.75, 3.05) is 14.1 Å². The second-order valence-corrected chi connectivity index (χ2v) is 5.63. The zero-order valence-electron chi connectivity index (χ0n) is 12.3. The molecule has 1 amide bonds. The van der Waals surface area contributed by atoms with Crippen LogP contribution in [0.4, 0.5) is 4.79 Å².